The van der Waals surface area contributed by atoms with Crippen molar-refractivity contribution in [2.45, 2.75) is 75.6 Å². The van der Waals surface area contributed by atoms with E-state index in [-0.39, 0.29) is 125 Å². The van der Waals surface area contributed by atoms with Gasteiger partial charge in [-0.05, 0) is 98.5 Å². The smallest absolute Gasteiger partial charge is 0.323 e. The minimum atomic E-state index is -4.83. The zero-order valence-corrected chi connectivity index (χ0v) is 49.5. The molecule has 0 bridgehead atoms. The summed E-state index contributed by atoms with van der Waals surface area (Å²) in [6.07, 6.45) is 1.82. The van der Waals surface area contributed by atoms with Crippen molar-refractivity contribution in [3.05, 3.63) is 82.0 Å². The van der Waals surface area contributed by atoms with Crippen LogP contribution in [0.2, 0.25) is 0 Å². The molecule has 3 aromatic rings. The second kappa shape index (κ2) is 33.1. The summed E-state index contributed by atoms with van der Waals surface area (Å²) >= 11 is 0. The zero-order valence-electron chi connectivity index (χ0n) is 47.9. The van der Waals surface area contributed by atoms with Crippen molar-refractivity contribution >= 4 is 67.5 Å². The number of sulfonamides is 1. The van der Waals surface area contributed by atoms with Crippen LogP contribution in [0.15, 0.2) is 53.4 Å². The average molecular weight is 1230 g/mol. The number of carbonyl (C=O) groups is 7. The lowest BCUT2D eigenvalue weighted by atomic mass is 10.0. The second-order valence-corrected chi connectivity index (χ2v) is 24.3. The Morgan fingerprint density at radius 3 is 1.88 bits per heavy atom. The molecule has 3 heterocycles. The highest BCUT2D eigenvalue weighted by atomic mass is 32.2. The number of pyridine rings is 1. The summed E-state index contributed by atoms with van der Waals surface area (Å²) in [7, 11) is -8.17. The molecule has 0 radical (unpaired) electrons. The number of aliphatic hydroxyl groups excluding tert-OH is 1. The van der Waals surface area contributed by atoms with E-state index in [2.05, 4.69) is 32.7 Å². The van der Waals surface area contributed by atoms with Gasteiger partial charge < -0.3 is 56.9 Å². The number of anilines is 1. The van der Waals surface area contributed by atoms with E-state index in [0.29, 0.717) is 17.1 Å². The van der Waals surface area contributed by atoms with Crippen LogP contribution < -0.4 is 31.3 Å². The molecule has 5 rings (SSSR count). The lowest BCUT2D eigenvalue weighted by molar-refractivity contribution is -0.141. The number of fused-ring (bicyclic) bond motifs is 1. The van der Waals surface area contributed by atoms with Gasteiger partial charge in [0.1, 0.15) is 29.4 Å². The number of amides is 4. The third-order valence-corrected chi connectivity index (χ3v) is 17.0. The molecule has 2 unspecified atom stereocenters. The van der Waals surface area contributed by atoms with Gasteiger partial charge in [0, 0.05) is 110 Å². The van der Waals surface area contributed by atoms with E-state index in [1.165, 1.54) is 31.5 Å². The van der Waals surface area contributed by atoms with Gasteiger partial charge in [0.2, 0.25) is 27.7 Å². The molecule has 29 nitrogen and oxygen atoms in total. The first-order chi connectivity index (χ1) is 40.2. The number of benzene rings is 2. The minimum Gasteiger partial charge on any atom is -0.494 e. The maximum absolute atomic E-state index is 14.0. The first-order valence-electron chi connectivity index (χ1n) is 27.7. The van der Waals surface area contributed by atoms with Crippen LogP contribution in [0.4, 0.5) is 5.82 Å². The lowest BCUT2D eigenvalue weighted by Gasteiger charge is -2.33. The Hall–Kier alpha value is -6.94. The van der Waals surface area contributed by atoms with Crippen LogP contribution in [0, 0.1) is 13.8 Å². The molecular weight excluding hydrogens is 1150 g/mol. The van der Waals surface area contributed by atoms with Crippen LogP contribution in [-0.4, -0.2) is 260 Å². The van der Waals surface area contributed by atoms with Gasteiger partial charge in [-0.25, -0.2) is 13.4 Å². The molecule has 1 fully saturated rings. The van der Waals surface area contributed by atoms with E-state index in [1.807, 2.05) is 6.07 Å². The number of aromatic nitrogens is 1. The predicted molar refractivity (Wildman–Crippen MR) is 308 cm³/mol. The molecule has 31 heteroatoms. The van der Waals surface area contributed by atoms with Gasteiger partial charge in [0.25, 0.3) is 16.0 Å². The van der Waals surface area contributed by atoms with Gasteiger partial charge in [0.05, 0.1) is 31.1 Å². The van der Waals surface area contributed by atoms with Gasteiger partial charge in [-0.15, -0.1) is 0 Å². The first-order valence-corrected chi connectivity index (χ1v) is 30.7. The fourth-order valence-electron chi connectivity index (χ4n) is 9.69. The Morgan fingerprint density at radius 1 is 0.741 bits per heavy atom. The minimum absolute atomic E-state index is 0.00942. The number of aliphatic hydroxyl groups is 2. The Bertz CT molecular complexity index is 3000. The Balaban J connectivity index is 1.06. The van der Waals surface area contributed by atoms with Crippen molar-refractivity contribution in [1.29, 1.82) is 0 Å². The van der Waals surface area contributed by atoms with Gasteiger partial charge in [-0.3, -0.25) is 57.7 Å². The molecule has 1 aromatic heterocycles. The molecule has 85 heavy (non-hydrogen) atoms. The SMILES string of the molecule is Cc1cc(OCCCC(=O)NCCNC(=O)C(CS(=O)(=O)O)NC(=O)CN2CCN(CC(=O)O)CCN(CC(=O)O)CCN(CC(O)O)CC2)cc(C)c1S(=O)(=O)N(C)C(CNC(=O)c1ccc(CCc2ccc3c(n2)NCCC3)cc1)C(=O)O. The fourth-order valence-corrected chi connectivity index (χ4v) is 12.1. The predicted octanol–water partition coefficient (Wildman–Crippen LogP) is -2.19. The number of nitrogens with one attached hydrogen (secondary N) is 5. The van der Waals surface area contributed by atoms with Crippen molar-refractivity contribution in [3.63, 3.8) is 0 Å². The standard InChI is InChI=1S/C54H79N11O18S2/c1-36-28-42(29-37(2)50(36)85(81,82)61(3)44(54(76)77)30-58-52(74)40-11-8-38(9-12-40)10-14-41-15-13-39-6-4-16-56-51(39)59-41)83-27-5-7-45(66)55-17-18-57-53(75)43(35-84(78,79)80)60-46(67)31-62-19-21-63(32-47(68)69)23-25-65(34-49(72)73)26-24-64(22-20-62)33-48(70)71/h8-9,11-13,15,28-29,43-44,47,68-69H,4-7,10,14,16-27,30-35H2,1-3H3,(H,55,66)(H,56,59)(H,57,75)(H,58,74)(H,60,67)(H,70,71)(H,72,73)(H,76,77)(H,78,79,80). The van der Waals surface area contributed by atoms with Crippen molar-refractivity contribution in [1.82, 2.24) is 50.2 Å². The van der Waals surface area contributed by atoms with Crippen LogP contribution in [0.5, 0.6) is 5.75 Å². The van der Waals surface area contributed by atoms with Crippen molar-refractivity contribution in [3.8, 4) is 5.75 Å². The van der Waals surface area contributed by atoms with Gasteiger partial charge in [-0.2, -0.15) is 12.7 Å². The molecule has 2 aliphatic rings. The molecule has 0 aliphatic carbocycles. The number of aliphatic carboxylic acids is 3. The molecule has 0 saturated carbocycles. The zero-order chi connectivity index (χ0) is 62.4. The maximum Gasteiger partial charge on any atom is 0.323 e. The molecule has 4 amide bonds. The van der Waals surface area contributed by atoms with Crippen molar-refractivity contribution < 1.29 is 85.2 Å². The molecule has 2 atom stereocenters. The Kier molecular flexibility index (Phi) is 26.8. The third-order valence-electron chi connectivity index (χ3n) is 14.1. The quantitative estimate of drug-likeness (QED) is 0.0192. The van der Waals surface area contributed by atoms with Crippen molar-refractivity contribution in [2.24, 2.45) is 0 Å². The lowest BCUT2D eigenvalue weighted by Crippen LogP contribution is -2.54. The average Bonchev–Trinajstić information content (AvgIpc) is 1.58. The first kappa shape index (κ1) is 68.8. The molecule has 2 aromatic carbocycles. The highest BCUT2D eigenvalue weighted by Crippen LogP contribution is 2.29. The van der Waals surface area contributed by atoms with Gasteiger partial charge in [0.15, 0.2) is 6.29 Å². The Labute approximate surface area is 493 Å². The number of aryl methyl sites for hydroxylation is 5. The topological polar surface area (TPSA) is 408 Å². The van der Waals surface area contributed by atoms with Crippen LogP contribution >= 0.6 is 0 Å². The molecule has 470 valence electrons. The number of rotatable bonds is 30. The third kappa shape index (κ3) is 23.5. The van der Waals surface area contributed by atoms with Crippen LogP contribution in [0.3, 0.4) is 0 Å². The number of hydrogen-bond acceptors (Lipinski definition) is 20. The van der Waals surface area contributed by atoms with Crippen LogP contribution in [0.1, 0.15) is 57.6 Å². The molecule has 0 spiro atoms. The number of ether oxygens (including phenoxy) is 1. The van der Waals surface area contributed by atoms with E-state index in [9.17, 15) is 80.5 Å². The normalized spacial score (nSPS) is 16.0. The van der Waals surface area contributed by atoms with Crippen molar-refractivity contribution in [2.75, 3.05) is 129 Å². The van der Waals surface area contributed by atoms with E-state index >= 15 is 0 Å². The summed E-state index contributed by atoms with van der Waals surface area (Å²) in [6.45, 7) is 2.69. The summed E-state index contributed by atoms with van der Waals surface area (Å²) in [5.41, 5.74) is 3.86. The number of nitrogens with zero attached hydrogens (tertiary/aromatic N) is 6. The number of likely N-dealkylation sites (N-methyl/N-ethyl adjacent to an activating group) is 1. The van der Waals surface area contributed by atoms with E-state index in [4.69, 9.17) is 9.72 Å². The largest absolute Gasteiger partial charge is 0.494 e. The summed E-state index contributed by atoms with van der Waals surface area (Å²) < 4.78 is 68.0. The van der Waals surface area contributed by atoms with E-state index in [1.54, 1.807) is 43.9 Å². The van der Waals surface area contributed by atoms with Gasteiger partial charge in [-0.1, -0.05) is 18.2 Å². The molecule has 1 saturated heterocycles. The second-order valence-electron chi connectivity index (χ2n) is 20.9. The van der Waals surface area contributed by atoms with Crippen LogP contribution in [0.25, 0.3) is 0 Å². The number of carboxylic acid groups (broad SMARTS) is 3. The number of carbonyl (C=O) groups excluding carboxylic acids is 4. The number of carboxylic acids is 3. The highest BCUT2D eigenvalue weighted by Gasteiger charge is 2.36. The Morgan fingerprint density at radius 2 is 1.32 bits per heavy atom. The summed E-state index contributed by atoms with van der Waals surface area (Å²) in [4.78, 5) is 98.9. The molecule has 11 N–H and O–H groups in total. The molecule has 2 aliphatic heterocycles. The van der Waals surface area contributed by atoms with Gasteiger partial charge >= 0.3 is 17.9 Å². The van der Waals surface area contributed by atoms with E-state index in [0.717, 1.165) is 43.5 Å². The van der Waals surface area contributed by atoms with E-state index < -0.39 is 105 Å². The number of β-amino-alcohol motifs (C(OH)–C–C–N with tert-alkyl or cyclic N) is 2. The number of hydrogen-bond donors (Lipinski definition) is 11. The maximum atomic E-state index is 14.0. The van der Waals surface area contributed by atoms with Crippen LogP contribution in [-0.2, 0) is 68.2 Å². The summed E-state index contributed by atoms with van der Waals surface area (Å²) in [5, 5.41) is 61.6. The summed E-state index contributed by atoms with van der Waals surface area (Å²) in [6, 6.07) is 10.4. The monoisotopic (exact) mass is 1230 g/mol. The molecular formula is C54H79N11O18S2. The highest BCUT2D eigenvalue weighted by molar-refractivity contribution is 7.89. The fraction of sp³-hybridized carbons (Fsp3) is 0.556. The summed E-state index contributed by atoms with van der Waals surface area (Å²) in [5.74, 6) is -6.65.